The van der Waals surface area contributed by atoms with Crippen LogP contribution >= 0.6 is 0 Å². The highest BCUT2D eigenvalue weighted by Crippen LogP contribution is 2.39. The number of hydrogen-bond donors (Lipinski definition) is 1. The molecular formula is C21H27N3O2. The van der Waals surface area contributed by atoms with E-state index in [0.29, 0.717) is 5.91 Å². The zero-order valence-corrected chi connectivity index (χ0v) is 15.4. The normalized spacial score (nSPS) is 21.1. The molecule has 0 unspecified atom stereocenters. The molecule has 26 heavy (non-hydrogen) atoms. The average molecular weight is 353 g/mol. The number of ether oxygens (including phenoxy) is 1. The quantitative estimate of drug-likeness (QED) is 0.890. The molecule has 2 aromatic rings. The van der Waals surface area contributed by atoms with Gasteiger partial charge in [0.25, 0.3) is 0 Å². The lowest BCUT2D eigenvalue weighted by Gasteiger charge is -2.30. The first-order valence-electron chi connectivity index (χ1n) is 9.76. The number of nitrogens with one attached hydrogen (secondary N) is 1. The van der Waals surface area contributed by atoms with Crippen molar-refractivity contribution in [3.8, 4) is 16.9 Å². The molecule has 138 valence electrons. The summed E-state index contributed by atoms with van der Waals surface area (Å²) in [6.07, 6.45) is 9.67. The van der Waals surface area contributed by atoms with Crippen LogP contribution < -0.4 is 4.74 Å². The van der Waals surface area contributed by atoms with E-state index in [0.717, 1.165) is 54.8 Å². The third kappa shape index (κ3) is 3.22. The molecule has 2 heterocycles. The van der Waals surface area contributed by atoms with Crippen LogP contribution in [0.25, 0.3) is 11.1 Å². The van der Waals surface area contributed by atoms with Gasteiger partial charge < -0.3 is 9.64 Å². The Hall–Kier alpha value is -2.30. The van der Waals surface area contributed by atoms with Crippen LogP contribution in [0.15, 0.2) is 30.5 Å². The topological polar surface area (TPSA) is 58.2 Å². The van der Waals surface area contributed by atoms with Crippen molar-refractivity contribution >= 4 is 5.91 Å². The van der Waals surface area contributed by atoms with E-state index in [2.05, 4.69) is 21.2 Å². The van der Waals surface area contributed by atoms with Crippen LogP contribution in [0.2, 0.25) is 0 Å². The number of benzene rings is 1. The minimum Gasteiger partial charge on any atom is -0.497 e. The van der Waals surface area contributed by atoms with E-state index in [-0.39, 0.29) is 12.0 Å². The number of carbonyl (C=O) groups is 1. The van der Waals surface area contributed by atoms with Crippen LogP contribution in [0.1, 0.15) is 56.7 Å². The molecule has 4 rings (SSSR count). The van der Waals surface area contributed by atoms with Crippen LogP contribution in [0.5, 0.6) is 5.75 Å². The van der Waals surface area contributed by atoms with Crippen molar-refractivity contribution in [2.24, 2.45) is 5.92 Å². The molecule has 2 fully saturated rings. The van der Waals surface area contributed by atoms with Gasteiger partial charge in [-0.05, 0) is 43.4 Å². The lowest BCUT2D eigenvalue weighted by molar-refractivity contribution is -0.137. The Labute approximate surface area is 154 Å². The zero-order valence-electron chi connectivity index (χ0n) is 15.4. The van der Waals surface area contributed by atoms with Gasteiger partial charge in [-0.25, -0.2) is 0 Å². The second-order valence-electron chi connectivity index (χ2n) is 7.45. The molecule has 1 atom stereocenters. The van der Waals surface area contributed by atoms with Gasteiger partial charge >= 0.3 is 0 Å². The van der Waals surface area contributed by atoms with Crippen LogP contribution in [0.3, 0.4) is 0 Å². The summed E-state index contributed by atoms with van der Waals surface area (Å²) in [4.78, 5) is 15.2. The van der Waals surface area contributed by atoms with Crippen molar-refractivity contribution in [2.45, 2.75) is 51.0 Å². The smallest absolute Gasteiger partial charge is 0.226 e. The maximum absolute atomic E-state index is 13.1. The molecule has 5 nitrogen and oxygen atoms in total. The Morgan fingerprint density at radius 3 is 2.85 bits per heavy atom. The Kier molecular flexibility index (Phi) is 4.96. The van der Waals surface area contributed by atoms with Crippen molar-refractivity contribution in [1.29, 1.82) is 0 Å². The predicted octanol–water partition coefficient (Wildman–Crippen LogP) is 4.33. The Morgan fingerprint density at radius 1 is 1.19 bits per heavy atom. The molecule has 1 saturated carbocycles. The van der Waals surface area contributed by atoms with Gasteiger partial charge in [0.1, 0.15) is 5.75 Å². The van der Waals surface area contributed by atoms with Crippen molar-refractivity contribution in [3.63, 3.8) is 0 Å². The van der Waals surface area contributed by atoms with E-state index in [1.807, 2.05) is 24.4 Å². The first kappa shape index (κ1) is 17.1. The SMILES string of the molecule is COc1cccc(-c2cn[nH]c2[C@@H]2CCCN2C(=O)C2CCCCC2)c1. The fraction of sp³-hybridized carbons (Fsp3) is 0.524. The number of hydrogen-bond acceptors (Lipinski definition) is 3. The molecule has 2 aliphatic rings. The highest BCUT2D eigenvalue weighted by molar-refractivity contribution is 5.80. The third-order valence-corrected chi connectivity index (χ3v) is 5.87. The van der Waals surface area contributed by atoms with E-state index in [1.165, 1.54) is 19.3 Å². The van der Waals surface area contributed by atoms with Crippen LogP contribution in [0, 0.1) is 5.92 Å². The van der Waals surface area contributed by atoms with Gasteiger partial charge in [0.15, 0.2) is 0 Å². The number of aromatic nitrogens is 2. The van der Waals surface area contributed by atoms with E-state index < -0.39 is 0 Å². The molecule has 0 spiro atoms. The van der Waals surface area contributed by atoms with E-state index in [9.17, 15) is 4.79 Å². The highest BCUT2D eigenvalue weighted by Gasteiger charge is 2.36. The molecule has 5 heteroatoms. The number of H-pyrrole nitrogens is 1. The van der Waals surface area contributed by atoms with Gasteiger partial charge in [0, 0.05) is 18.0 Å². The molecule has 1 N–H and O–H groups in total. The molecule has 1 saturated heterocycles. The van der Waals surface area contributed by atoms with Gasteiger partial charge in [0.2, 0.25) is 5.91 Å². The maximum atomic E-state index is 13.1. The lowest BCUT2D eigenvalue weighted by Crippen LogP contribution is -2.36. The first-order chi connectivity index (χ1) is 12.8. The standard InChI is InChI=1S/C21H27N3O2/c1-26-17-10-5-9-16(13-17)18-14-22-23-20(18)19-11-6-12-24(19)21(25)15-7-3-2-4-8-15/h5,9-10,13-15,19H,2-4,6-8,11-12H2,1H3,(H,22,23)/t19-/m0/s1. The summed E-state index contributed by atoms with van der Waals surface area (Å²) in [7, 11) is 1.68. The molecule has 0 bridgehead atoms. The molecule has 1 aromatic heterocycles. The lowest BCUT2D eigenvalue weighted by atomic mass is 9.88. The summed E-state index contributed by atoms with van der Waals surface area (Å²) >= 11 is 0. The number of nitrogens with zero attached hydrogens (tertiary/aromatic N) is 2. The second kappa shape index (κ2) is 7.52. The number of aromatic amines is 1. The molecule has 0 radical (unpaired) electrons. The van der Waals surface area contributed by atoms with Gasteiger partial charge in [-0.1, -0.05) is 31.4 Å². The van der Waals surface area contributed by atoms with Gasteiger partial charge in [0.05, 0.1) is 25.0 Å². The summed E-state index contributed by atoms with van der Waals surface area (Å²) < 4.78 is 5.36. The monoisotopic (exact) mass is 353 g/mol. The van der Waals surface area contributed by atoms with Gasteiger partial charge in [-0.15, -0.1) is 0 Å². The number of likely N-dealkylation sites (tertiary alicyclic amines) is 1. The highest BCUT2D eigenvalue weighted by atomic mass is 16.5. The third-order valence-electron chi connectivity index (χ3n) is 5.87. The van der Waals surface area contributed by atoms with E-state index in [1.54, 1.807) is 7.11 Å². The Bertz CT molecular complexity index is 764. The zero-order chi connectivity index (χ0) is 17.9. The number of methoxy groups -OCH3 is 1. The van der Waals surface area contributed by atoms with Crippen molar-refractivity contribution in [3.05, 3.63) is 36.2 Å². The fourth-order valence-corrected chi connectivity index (χ4v) is 4.49. The van der Waals surface area contributed by atoms with Crippen molar-refractivity contribution in [1.82, 2.24) is 15.1 Å². The van der Waals surface area contributed by atoms with Gasteiger partial charge in [-0.2, -0.15) is 5.10 Å². The largest absolute Gasteiger partial charge is 0.497 e. The minimum atomic E-state index is 0.105. The number of carbonyl (C=O) groups excluding carboxylic acids is 1. The molecular weight excluding hydrogens is 326 g/mol. The van der Waals surface area contributed by atoms with Crippen LogP contribution in [-0.2, 0) is 4.79 Å². The second-order valence-corrected chi connectivity index (χ2v) is 7.45. The summed E-state index contributed by atoms with van der Waals surface area (Å²) in [6.45, 7) is 0.858. The summed E-state index contributed by atoms with van der Waals surface area (Å²) in [5, 5.41) is 7.49. The minimum absolute atomic E-state index is 0.105. The van der Waals surface area contributed by atoms with Crippen LogP contribution in [0.4, 0.5) is 0 Å². The summed E-state index contributed by atoms with van der Waals surface area (Å²) in [5.41, 5.74) is 3.20. The Morgan fingerprint density at radius 2 is 2.04 bits per heavy atom. The van der Waals surface area contributed by atoms with E-state index >= 15 is 0 Å². The first-order valence-corrected chi connectivity index (χ1v) is 9.76. The fourth-order valence-electron chi connectivity index (χ4n) is 4.49. The number of rotatable bonds is 4. The number of amides is 1. The van der Waals surface area contributed by atoms with E-state index in [4.69, 9.17) is 4.74 Å². The maximum Gasteiger partial charge on any atom is 0.226 e. The van der Waals surface area contributed by atoms with Gasteiger partial charge in [-0.3, -0.25) is 9.89 Å². The molecule has 1 amide bonds. The molecule has 1 aliphatic heterocycles. The van der Waals surface area contributed by atoms with Crippen LogP contribution in [-0.4, -0.2) is 34.7 Å². The Balaban J connectivity index is 1.60. The summed E-state index contributed by atoms with van der Waals surface area (Å²) in [5.74, 6) is 1.39. The predicted molar refractivity (Wildman–Crippen MR) is 101 cm³/mol. The summed E-state index contributed by atoms with van der Waals surface area (Å²) in [6, 6.07) is 8.13. The van der Waals surface area contributed by atoms with Crippen molar-refractivity contribution < 1.29 is 9.53 Å². The molecule has 1 aliphatic carbocycles. The molecule has 1 aromatic carbocycles. The average Bonchev–Trinajstić information content (AvgIpc) is 3.37. The van der Waals surface area contributed by atoms with Crippen molar-refractivity contribution in [2.75, 3.05) is 13.7 Å².